The number of fused-ring (bicyclic) bond motifs is 1. The third-order valence-electron chi connectivity index (χ3n) is 2.91. The van der Waals surface area contributed by atoms with E-state index in [1.807, 2.05) is 42.1 Å². The van der Waals surface area contributed by atoms with E-state index in [2.05, 4.69) is 0 Å². The lowest BCUT2D eigenvalue weighted by Gasteiger charge is -2.22. The summed E-state index contributed by atoms with van der Waals surface area (Å²) in [5.41, 5.74) is 6.63. The van der Waals surface area contributed by atoms with Gasteiger partial charge in [0, 0.05) is 30.7 Å². The molecule has 0 aliphatic heterocycles. The summed E-state index contributed by atoms with van der Waals surface area (Å²) in [4.78, 5) is 0. The standard InChI is InChI=1S/C12H16N2O/c1-12(15,8-13)10-4-3-5-11-9(10)6-7-14(11)2/h3-7,15H,8,13H2,1-2H3. The lowest BCUT2D eigenvalue weighted by atomic mass is 9.93. The number of aliphatic hydroxyl groups is 1. The van der Waals surface area contributed by atoms with Crippen LogP contribution >= 0.6 is 0 Å². The van der Waals surface area contributed by atoms with Crippen molar-refractivity contribution in [3.8, 4) is 0 Å². The molecule has 3 nitrogen and oxygen atoms in total. The Balaban J connectivity index is 2.71. The number of nitrogens with two attached hydrogens (primary N) is 1. The molecule has 0 saturated heterocycles. The van der Waals surface area contributed by atoms with E-state index in [0.29, 0.717) is 0 Å². The molecule has 0 amide bonds. The van der Waals surface area contributed by atoms with Crippen molar-refractivity contribution < 1.29 is 5.11 Å². The lowest BCUT2D eigenvalue weighted by Crippen LogP contribution is -2.31. The highest BCUT2D eigenvalue weighted by Crippen LogP contribution is 2.28. The molecule has 1 aromatic heterocycles. The third kappa shape index (κ3) is 1.54. The summed E-state index contributed by atoms with van der Waals surface area (Å²) in [6.45, 7) is 1.97. The minimum atomic E-state index is -0.957. The fourth-order valence-electron chi connectivity index (χ4n) is 1.88. The Morgan fingerprint density at radius 1 is 1.40 bits per heavy atom. The maximum absolute atomic E-state index is 10.2. The van der Waals surface area contributed by atoms with Crippen molar-refractivity contribution in [2.75, 3.05) is 6.54 Å². The first-order valence-electron chi connectivity index (χ1n) is 5.03. The normalized spacial score (nSPS) is 15.5. The van der Waals surface area contributed by atoms with Crippen molar-refractivity contribution in [2.45, 2.75) is 12.5 Å². The Bertz CT molecular complexity index is 485. The zero-order chi connectivity index (χ0) is 11.1. The topological polar surface area (TPSA) is 51.2 Å². The van der Waals surface area contributed by atoms with Crippen LogP contribution in [0.15, 0.2) is 30.5 Å². The minimum Gasteiger partial charge on any atom is -0.384 e. The first kappa shape index (κ1) is 10.2. The van der Waals surface area contributed by atoms with Gasteiger partial charge in [-0.05, 0) is 24.6 Å². The van der Waals surface area contributed by atoms with Crippen molar-refractivity contribution in [3.63, 3.8) is 0 Å². The van der Waals surface area contributed by atoms with Gasteiger partial charge in [0.25, 0.3) is 0 Å². The summed E-state index contributed by atoms with van der Waals surface area (Å²) < 4.78 is 2.03. The molecule has 0 bridgehead atoms. The van der Waals surface area contributed by atoms with Gasteiger partial charge < -0.3 is 15.4 Å². The Morgan fingerprint density at radius 2 is 2.13 bits per heavy atom. The van der Waals surface area contributed by atoms with E-state index >= 15 is 0 Å². The maximum atomic E-state index is 10.2. The fraction of sp³-hybridized carbons (Fsp3) is 0.333. The molecule has 2 aromatic rings. The van der Waals surface area contributed by atoms with Crippen LogP contribution in [-0.4, -0.2) is 16.2 Å². The molecule has 3 heteroatoms. The fourth-order valence-corrected chi connectivity index (χ4v) is 1.88. The van der Waals surface area contributed by atoms with Crippen molar-refractivity contribution >= 4 is 10.9 Å². The molecule has 0 fully saturated rings. The Hall–Kier alpha value is -1.32. The average molecular weight is 204 g/mol. The Kier molecular flexibility index (Phi) is 2.29. The van der Waals surface area contributed by atoms with E-state index in [9.17, 15) is 5.11 Å². The van der Waals surface area contributed by atoms with E-state index in [1.165, 1.54) is 0 Å². The number of benzene rings is 1. The molecule has 0 aliphatic carbocycles. The van der Waals surface area contributed by atoms with E-state index < -0.39 is 5.60 Å². The smallest absolute Gasteiger partial charge is 0.0996 e. The third-order valence-corrected chi connectivity index (χ3v) is 2.91. The van der Waals surface area contributed by atoms with E-state index in [1.54, 1.807) is 6.92 Å². The number of hydrogen-bond acceptors (Lipinski definition) is 2. The number of rotatable bonds is 2. The molecule has 80 valence electrons. The van der Waals surface area contributed by atoms with Crippen LogP contribution in [0.5, 0.6) is 0 Å². The van der Waals surface area contributed by atoms with Gasteiger partial charge in [-0.25, -0.2) is 0 Å². The van der Waals surface area contributed by atoms with Crippen molar-refractivity contribution in [3.05, 3.63) is 36.0 Å². The van der Waals surface area contributed by atoms with E-state index in [0.717, 1.165) is 16.5 Å². The van der Waals surface area contributed by atoms with Gasteiger partial charge in [-0.15, -0.1) is 0 Å². The first-order chi connectivity index (χ1) is 7.06. The molecule has 15 heavy (non-hydrogen) atoms. The predicted molar refractivity (Wildman–Crippen MR) is 61.5 cm³/mol. The zero-order valence-corrected chi connectivity index (χ0v) is 9.07. The second kappa shape index (κ2) is 3.36. The Morgan fingerprint density at radius 3 is 2.80 bits per heavy atom. The molecule has 1 unspecified atom stereocenters. The number of nitrogens with zero attached hydrogens (tertiary/aromatic N) is 1. The molecule has 0 saturated carbocycles. The van der Waals surface area contributed by atoms with Crippen molar-refractivity contribution in [1.29, 1.82) is 0 Å². The Labute approximate surface area is 89.1 Å². The van der Waals surface area contributed by atoms with Gasteiger partial charge >= 0.3 is 0 Å². The van der Waals surface area contributed by atoms with Crippen LogP contribution < -0.4 is 5.73 Å². The molecular weight excluding hydrogens is 188 g/mol. The van der Waals surface area contributed by atoms with Crippen LogP contribution in [0.2, 0.25) is 0 Å². The summed E-state index contributed by atoms with van der Waals surface area (Å²) >= 11 is 0. The monoisotopic (exact) mass is 204 g/mol. The molecular formula is C12H16N2O. The van der Waals surface area contributed by atoms with E-state index in [-0.39, 0.29) is 6.54 Å². The number of hydrogen-bond donors (Lipinski definition) is 2. The highest BCUT2D eigenvalue weighted by atomic mass is 16.3. The van der Waals surface area contributed by atoms with Crippen LogP contribution in [0.1, 0.15) is 12.5 Å². The van der Waals surface area contributed by atoms with Crippen LogP contribution in [0.4, 0.5) is 0 Å². The SMILES string of the molecule is Cn1ccc2c(C(C)(O)CN)cccc21. The summed E-state index contributed by atoms with van der Waals surface area (Å²) in [6, 6.07) is 7.91. The number of aryl methyl sites for hydroxylation is 1. The van der Waals surface area contributed by atoms with Crippen molar-refractivity contribution in [2.24, 2.45) is 12.8 Å². The van der Waals surface area contributed by atoms with Gasteiger partial charge in [-0.2, -0.15) is 0 Å². The molecule has 0 aliphatic rings. The first-order valence-corrected chi connectivity index (χ1v) is 5.03. The average Bonchev–Trinajstić information content (AvgIpc) is 2.60. The van der Waals surface area contributed by atoms with Crippen LogP contribution in [0.3, 0.4) is 0 Å². The summed E-state index contributed by atoms with van der Waals surface area (Å²) in [7, 11) is 1.99. The predicted octanol–water partition coefficient (Wildman–Crippen LogP) is 1.34. The van der Waals surface area contributed by atoms with Gasteiger partial charge in [0.15, 0.2) is 0 Å². The number of aromatic nitrogens is 1. The second-order valence-electron chi connectivity index (χ2n) is 4.14. The van der Waals surface area contributed by atoms with Crippen LogP contribution in [0, 0.1) is 0 Å². The molecule has 3 N–H and O–H groups in total. The highest BCUT2D eigenvalue weighted by Gasteiger charge is 2.23. The van der Waals surface area contributed by atoms with Gasteiger partial charge in [-0.1, -0.05) is 12.1 Å². The second-order valence-corrected chi connectivity index (χ2v) is 4.14. The summed E-state index contributed by atoms with van der Waals surface area (Å²) in [6.07, 6.45) is 1.99. The van der Waals surface area contributed by atoms with E-state index in [4.69, 9.17) is 5.73 Å². The molecule has 1 aromatic carbocycles. The van der Waals surface area contributed by atoms with Crippen molar-refractivity contribution in [1.82, 2.24) is 4.57 Å². The van der Waals surface area contributed by atoms with Crippen LogP contribution in [0.25, 0.3) is 10.9 Å². The quantitative estimate of drug-likeness (QED) is 0.775. The van der Waals surface area contributed by atoms with Gasteiger partial charge in [0.05, 0.1) is 5.60 Å². The molecule has 1 heterocycles. The molecule has 0 radical (unpaired) electrons. The molecule has 0 spiro atoms. The zero-order valence-electron chi connectivity index (χ0n) is 9.07. The van der Waals surface area contributed by atoms with Crippen LogP contribution in [-0.2, 0) is 12.6 Å². The van der Waals surface area contributed by atoms with Gasteiger partial charge in [0.1, 0.15) is 0 Å². The minimum absolute atomic E-state index is 0.223. The molecule has 1 atom stereocenters. The van der Waals surface area contributed by atoms with Gasteiger partial charge in [0.2, 0.25) is 0 Å². The van der Waals surface area contributed by atoms with Gasteiger partial charge in [-0.3, -0.25) is 0 Å². The molecule has 2 rings (SSSR count). The summed E-state index contributed by atoms with van der Waals surface area (Å²) in [5, 5.41) is 11.2. The summed E-state index contributed by atoms with van der Waals surface area (Å²) in [5.74, 6) is 0. The largest absolute Gasteiger partial charge is 0.384 e. The lowest BCUT2D eigenvalue weighted by molar-refractivity contribution is 0.0684. The highest BCUT2D eigenvalue weighted by molar-refractivity contribution is 5.84. The maximum Gasteiger partial charge on any atom is 0.0996 e.